The van der Waals surface area contributed by atoms with Gasteiger partial charge in [0, 0.05) is 44.1 Å². The molecule has 0 aliphatic carbocycles. The predicted octanol–water partition coefficient (Wildman–Crippen LogP) is 2.73. The molecule has 148 valence electrons. The summed E-state index contributed by atoms with van der Waals surface area (Å²) in [4.78, 5) is 29.4. The molecule has 0 saturated carbocycles. The van der Waals surface area contributed by atoms with Gasteiger partial charge in [0.05, 0.1) is 12.4 Å². The molecule has 9 heteroatoms. The second-order valence-electron chi connectivity index (χ2n) is 6.50. The van der Waals surface area contributed by atoms with Gasteiger partial charge in [0.25, 0.3) is 5.91 Å². The fourth-order valence-electron chi connectivity index (χ4n) is 3.08. The fraction of sp³-hybridized carbons (Fsp3) is 0.200. The summed E-state index contributed by atoms with van der Waals surface area (Å²) in [5.74, 6) is -0.933. The molecule has 7 nitrogen and oxygen atoms in total. The number of nitrogens with zero attached hydrogens (tertiary/aromatic N) is 5. The molecule has 0 spiro atoms. The van der Waals surface area contributed by atoms with Crippen molar-refractivity contribution in [3.63, 3.8) is 0 Å². The van der Waals surface area contributed by atoms with Gasteiger partial charge >= 0.3 is 0 Å². The number of anilines is 3. The van der Waals surface area contributed by atoms with E-state index in [1.807, 2.05) is 18.2 Å². The van der Waals surface area contributed by atoms with E-state index in [4.69, 9.17) is 0 Å². The van der Waals surface area contributed by atoms with Crippen LogP contribution in [0.25, 0.3) is 0 Å². The fourth-order valence-corrected chi connectivity index (χ4v) is 3.08. The molecule has 1 aliphatic heterocycles. The van der Waals surface area contributed by atoms with Crippen molar-refractivity contribution in [3.8, 4) is 0 Å². The third-order valence-electron chi connectivity index (χ3n) is 4.63. The number of nitrogens with one attached hydrogen (secondary N) is 1. The molecule has 1 aromatic carbocycles. The van der Waals surface area contributed by atoms with Gasteiger partial charge in [-0.3, -0.25) is 4.79 Å². The van der Waals surface area contributed by atoms with Gasteiger partial charge in [0.15, 0.2) is 11.6 Å². The van der Waals surface area contributed by atoms with Crippen LogP contribution in [0, 0.1) is 11.6 Å². The molecule has 4 rings (SSSR count). The lowest BCUT2D eigenvalue weighted by molar-refractivity contribution is 0.102. The third kappa shape index (κ3) is 4.29. The highest BCUT2D eigenvalue weighted by Crippen LogP contribution is 2.17. The largest absolute Gasteiger partial charge is 0.353 e. The number of pyridine rings is 1. The van der Waals surface area contributed by atoms with Gasteiger partial charge in [-0.05, 0) is 24.3 Å². The SMILES string of the molecule is O=C(Nc1ccc(F)c(F)c1)c1cnc(N2CCN(c3ccccn3)CC2)cn1. The first-order valence-electron chi connectivity index (χ1n) is 9.09. The zero-order valence-corrected chi connectivity index (χ0v) is 15.4. The molecule has 29 heavy (non-hydrogen) atoms. The Hall–Kier alpha value is -3.62. The van der Waals surface area contributed by atoms with E-state index >= 15 is 0 Å². The number of halogens is 2. The van der Waals surface area contributed by atoms with E-state index in [0.29, 0.717) is 5.82 Å². The van der Waals surface area contributed by atoms with Crippen molar-refractivity contribution in [1.82, 2.24) is 15.0 Å². The number of carbonyl (C=O) groups is 1. The highest BCUT2D eigenvalue weighted by Gasteiger charge is 2.19. The summed E-state index contributed by atoms with van der Waals surface area (Å²) in [5, 5.41) is 2.47. The number of hydrogen-bond acceptors (Lipinski definition) is 6. The molecule has 1 amide bonds. The zero-order valence-electron chi connectivity index (χ0n) is 15.4. The molecule has 0 unspecified atom stereocenters. The summed E-state index contributed by atoms with van der Waals surface area (Å²) in [7, 11) is 0. The summed E-state index contributed by atoms with van der Waals surface area (Å²) >= 11 is 0. The molecule has 2 aromatic heterocycles. The number of piperazine rings is 1. The van der Waals surface area contributed by atoms with Crippen LogP contribution in [-0.4, -0.2) is 47.0 Å². The van der Waals surface area contributed by atoms with E-state index in [2.05, 4.69) is 30.1 Å². The van der Waals surface area contributed by atoms with Crippen molar-refractivity contribution < 1.29 is 13.6 Å². The Morgan fingerprint density at radius 1 is 0.862 bits per heavy atom. The second-order valence-corrected chi connectivity index (χ2v) is 6.50. The van der Waals surface area contributed by atoms with Crippen LogP contribution in [0.3, 0.4) is 0 Å². The number of hydrogen-bond donors (Lipinski definition) is 1. The highest BCUT2D eigenvalue weighted by molar-refractivity contribution is 6.02. The Bertz CT molecular complexity index is 992. The Labute approximate surface area is 166 Å². The van der Waals surface area contributed by atoms with Gasteiger partial charge < -0.3 is 15.1 Å². The molecule has 0 bridgehead atoms. The number of rotatable bonds is 4. The first kappa shape index (κ1) is 18.7. The van der Waals surface area contributed by atoms with E-state index < -0.39 is 17.5 Å². The predicted molar refractivity (Wildman–Crippen MR) is 105 cm³/mol. The van der Waals surface area contributed by atoms with Crippen molar-refractivity contribution in [2.75, 3.05) is 41.3 Å². The van der Waals surface area contributed by atoms with E-state index in [1.54, 1.807) is 6.20 Å². The van der Waals surface area contributed by atoms with Crippen molar-refractivity contribution in [1.29, 1.82) is 0 Å². The molecule has 1 N–H and O–H groups in total. The number of benzene rings is 1. The minimum absolute atomic E-state index is 0.0885. The smallest absolute Gasteiger partial charge is 0.275 e. The molecule has 1 aliphatic rings. The average Bonchev–Trinajstić information content (AvgIpc) is 2.77. The lowest BCUT2D eigenvalue weighted by atomic mass is 10.3. The second kappa shape index (κ2) is 8.17. The van der Waals surface area contributed by atoms with Crippen LogP contribution in [0.5, 0.6) is 0 Å². The maximum atomic E-state index is 13.3. The summed E-state index contributed by atoms with van der Waals surface area (Å²) < 4.78 is 26.2. The number of amides is 1. The molecular formula is C20H18F2N6O. The van der Waals surface area contributed by atoms with Gasteiger partial charge in [0.1, 0.15) is 17.3 Å². The first-order chi connectivity index (χ1) is 14.1. The van der Waals surface area contributed by atoms with Crippen molar-refractivity contribution >= 4 is 23.2 Å². The maximum absolute atomic E-state index is 13.3. The molecule has 0 atom stereocenters. The average molecular weight is 396 g/mol. The summed E-state index contributed by atoms with van der Waals surface area (Å²) in [6, 6.07) is 8.97. The van der Waals surface area contributed by atoms with Crippen LogP contribution in [0.15, 0.2) is 55.0 Å². The van der Waals surface area contributed by atoms with E-state index in [9.17, 15) is 13.6 Å². The van der Waals surface area contributed by atoms with Crippen molar-refractivity contribution in [3.05, 3.63) is 72.3 Å². The minimum atomic E-state index is -1.03. The quantitative estimate of drug-likeness (QED) is 0.731. The number of carbonyl (C=O) groups excluding carboxylic acids is 1. The van der Waals surface area contributed by atoms with Gasteiger partial charge in [-0.1, -0.05) is 6.07 Å². The van der Waals surface area contributed by atoms with Crippen LogP contribution in [0.4, 0.5) is 26.1 Å². The Morgan fingerprint density at radius 2 is 1.62 bits per heavy atom. The minimum Gasteiger partial charge on any atom is -0.353 e. The molecule has 1 fully saturated rings. The Kier molecular flexibility index (Phi) is 5.28. The first-order valence-corrected chi connectivity index (χ1v) is 9.09. The highest BCUT2D eigenvalue weighted by atomic mass is 19.2. The lowest BCUT2D eigenvalue weighted by Crippen LogP contribution is -2.47. The number of aromatic nitrogens is 3. The van der Waals surface area contributed by atoms with Crippen molar-refractivity contribution in [2.24, 2.45) is 0 Å². The molecule has 3 heterocycles. The van der Waals surface area contributed by atoms with Crippen LogP contribution < -0.4 is 15.1 Å². The molecular weight excluding hydrogens is 378 g/mol. The Morgan fingerprint density at radius 3 is 2.24 bits per heavy atom. The monoisotopic (exact) mass is 396 g/mol. The van der Waals surface area contributed by atoms with Gasteiger partial charge in [0.2, 0.25) is 0 Å². The van der Waals surface area contributed by atoms with Crippen molar-refractivity contribution in [2.45, 2.75) is 0 Å². The Balaban J connectivity index is 1.36. The zero-order chi connectivity index (χ0) is 20.2. The molecule has 3 aromatic rings. The topological polar surface area (TPSA) is 74.2 Å². The van der Waals surface area contributed by atoms with Crippen LogP contribution in [-0.2, 0) is 0 Å². The molecule has 0 radical (unpaired) electrons. The van der Waals surface area contributed by atoms with E-state index in [1.165, 1.54) is 18.5 Å². The van der Waals surface area contributed by atoms with Crippen LogP contribution >= 0.6 is 0 Å². The van der Waals surface area contributed by atoms with Crippen LogP contribution in [0.2, 0.25) is 0 Å². The normalized spacial score (nSPS) is 14.0. The summed E-state index contributed by atoms with van der Waals surface area (Å²) in [6.07, 6.45) is 4.68. The van der Waals surface area contributed by atoms with Crippen LogP contribution in [0.1, 0.15) is 10.5 Å². The van der Waals surface area contributed by atoms with E-state index in [-0.39, 0.29) is 11.4 Å². The van der Waals surface area contributed by atoms with Gasteiger partial charge in [-0.15, -0.1) is 0 Å². The van der Waals surface area contributed by atoms with Gasteiger partial charge in [-0.25, -0.2) is 23.7 Å². The third-order valence-corrected chi connectivity index (χ3v) is 4.63. The van der Waals surface area contributed by atoms with Gasteiger partial charge in [-0.2, -0.15) is 0 Å². The van der Waals surface area contributed by atoms with E-state index in [0.717, 1.165) is 44.1 Å². The molecule has 1 saturated heterocycles. The maximum Gasteiger partial charge on any atom is 0.275 e. The lowest BCUT2D eigenvalue weighted by Gasteiger charge is -2.35. The summed E-state index contributed by atoms with van der Waals surface area (Å²) in [6.45, 7) is 3.12. The summed E-state index contributed by atoms with van der Waals surface area (Å²) in [5.41, 5.74) is 0.232. The standard InChI is InChI=1S/C20H18F2N6O/c21-15-5-4-14(11-16(15)22)26-20(29)17-12-25-19(13-24-17)28-9-7-27(8-10-28)18-3-1-2-6-23-18/h1-6,11-13H,7-10H2,(H,26,29).